The van der Waals surface area contributed by atoms with Crippen molar-refractivity contribution in [2.45, 2.75) is 49.3 Å². The van der Waals surface area contributed by atoms with Crippen LogP contribution in [0.15, 0.2) is 17.1 Å². The van der Waals surface area contributed by atoms with Gasteiger partial charge in [0.1, 0.15) is 41.6 Å². The first kappa shape index (κ1) is 29.7. The molecule has 2 unspecified atom stereocenters. The van der Waals surface area contributed by atoms with Gasteiger partial charge >= 0.3 is 15.6 Å². The van der Waals surface area contributed by atoms with Gasteiger partial charge in [-0.3, -0.25) is 32.9 Å². The monoisotopic (exact) mass is 675 g/mol. The van der Waals surface area contributed by atoms with Gasteiger partial charge in [0.2, 0.25) is 5.95 Å². The zero-order chi connectivity index (χ0) is 31.0. The predicted molar refractivity (Wildman–Crippen MR) is 146 cm³/mol. The maximum Gasteiger partial charge on any atom is 0.472 e. The number of fused-ring (bicyclic) bond motifs is 5. The zero-order valence-corrected chi connectivity index (χ0v) is 24.6. The number of H-pyrrole nitrogens is 1. The molecule has 7 heterocycles. The van der Waals surface area contributed by atoms with E-state index in [1.165, 1.54) is 6.20 Å². The maximum atomic E-state index is 13.2. The normalized spacial score (nSPS) is 36.6. The van der Waals surface area contributed by atoms with Crippen LogP contribution < -0.4 is 17.0 Å². The lowest BCUT2D eigenvalue weighted by Gasteiger charge is -2.25. The van der Waals surface area contributed by atoms with E-state index < -0.39 is 77.3 Å². The van der Waals surface area contributed by atoms with Gasteiger partial charge in [-0.25, -0.2) is 9.13 Å². The second-order valence-corrected chi connectivity index (χ2v) is 13.6. The van der Waals surface area contributed by atoms with Gasteiger partial charge in [-0.2, -0.15) is 14.0 Å². The third-order valence-corrected chi connectivity index (χ3v) is 10.1. The van der Waals surface area contributed by atoms with Gasteiger partial charge in [0.15, 0.2) is 17.4 Å². The highest BCUT2D eigenvalue weighted by molar-refractivity contribution is 7.47. The van der Waals surface area contributed by atoms with Gasteiger partial charge in [-0.1, -0.05) is 5.21 Å². The smallest absolute Gasteiger partial charge is 0.397 e. The minimum atomic E-state index is -5.02. The molecule has 3 aliphatic rings. The quantitative estimate of drug-likeness (QED) is 0.146. The largest absolute Gasteiger partial charge is 0.472 e. The summed E-state index contributed by atoms with van der Waals surface area (Å²) in [5.41, 5.74) is 11.7. The first-order valence-electron chi connectivity index (χ1n) is 12.8. The number of ether oxygens (including phenoxy) is 2. The Morgan fingerprint density at radius 1 is 1.02 bits per heavy atom. The fraction of sp³-hybridized carbons (Fsp3) is 0.500. The number of nitrogens with one attached hydrogen (secondary N) is 1. The molecule has 7 rings (SSSR count). The third-order valence-electron chi connectivity index (χ3n) is 7.15. The minimum absolute atomic E-state index is 0.00577. The van der Waals surface area contributed by atoms with Crippen molar-refractivity contribution in [1.29, 1.82) is 0 Å². The summed E-state index contributed by atoms with van der Waals surface area (Å²) in [5, 5.41) is 18.5. The maximum absolute atomic E-state index is 13.2. The molecule has 3 saturated heterocycles. The number of aliphatic hydroxyl groups is 1. The van der Waals surface area contributed by atoms with E-state index in [0.29, 0.717) is 21.6 Å². The number of hydrogen-bond donors (Lipinski definition) is 6. The molecule has 0 amide bonds. The molecule has 0 radical (unpaired) electrons. The van der Waals surface area contributed by atoms with E-state index >= 15 is 0 Å². The Kier molecular flexibility index (Phi) is 7.31. The molecule has 0 spiro atoms. The van der Waals surface area contributed by atoms with Crippen LogP contribution in [0.1, 0.15) is 23.6 Å². The van der Waals surface area contributed by atoms with Crippen LogP contribution in [-0.4, -0.2) is 92.9 Å². The molecule has 0 saturated carbocycles. The first-order valence-corrected chi connectivity index (χ1v) is 16.6. The number of nitrogen functional groups attached to an aromatic ring is 2. The van der Waals surface area contributed by atoms with E-state index in [1.54, 1.807) is 6.07 Å². The molecule has 4 aromatic rings. The summed E-state index contributed by atoms with van der Waals surface area (Å²) in [6, 6.07) is 1.58. The van der Waals surface area contributed by atoms with E-state index in [-0.39, 0.29) is 23.5 Å². The van der Waals surface area contributed by atoms with Gasteiger partial charge in [0, 0.05) is 12.6 Å². The summed E-state index contributed by atoms with van der Waals surface area (Å²) in [4.78, 5) is 44.6. The number of hydrogen-bond acceptors (Lipinski definition) is 18. The molecule has 21 nitrogen and oxygen atoms in total. The Morgan fingerprint density at radius 2 is 1.77 bits per heavy atom. The highest BCUT2D eigenvalue weighted by Crippen LogP contribution is 2.54. The summed E-state index contributed by atoms with van der Waals surface area (Å²) in [5.74, 6) is -0.298. The van der Waals surface area contributed by atoms with Crippen molar-refractivity contribution in [3.05, 3.63) is 27.5 Å². The molecule has 24 heteroatoms. The molecule has 2 bridgehead atoms. The SMILES string of the molecule is Nc1nc2c(nnn2[C@@H]2O[C@@H]3COP(=O)(O)O[C@H]4C[C@H](c5snc6c(N)ccnc56)O[C@@H]4COP(=O)(O)O[C@@H]2[C@@H]3O)c(=O)[nH]1. The van der Waals surface area contributed by atoms with Crippen LogP contribution in [0.3, 0.4) is 0 Å². The molecule has 9 atom stereocenters. The lowest BCUT2D eigenvalue weighted by atomic mass is 10.1. The lowest BCUT2D eigenvalue weighted by molar-refractivity contribution is -0.0673. The van der Waals surface area contributed by atoms with Crippen molar-refractivity contribution in [1.82, 2.24) is 34.3 Å². The van der Waals surface area contributed by atoms with Gasteiger partial charge in [-0.15, -0.1) is 5.10 Å². The molecule has 236 valence electrons. The summed E-state index contributed by atoms with van der Waals surface area (Å²) >= 11 is 1.06. The van der Waals surface area contributed by atoms with Gasteiger partial charge in [0.25, 0.3) is 5.56 Å². The van der Waals surface area contributed by atoms with E-state index in [4.69, 9.17) is 39.0 Å². The number of aliphatic hydroxyl groups excluding tert-OH is 1. The van der Waals surface area contributed by atoms with Crippen LogP contribution in [-0.2, 0) is 36.7 Å². The highest BCUT2D eigenvalue weighted by atomic mass is 32.1. The molecular weight excluding hydrogens is 652 g/mol. The van der Waals surface area contributed by atoms with Crippen LogP contribution in [0.2, 0.25) is 0 Å². The van der Waals surface area contributed by atoms with Crippen molar-refractivity contribution >= 4 is 61.0 Å². The van der Waals surface area contributed by atoms with Crippen molar-refractivity contribution in [2.75, 3.05) is 24.7 Å². The Labute approximate surface area is 248 Å². The van der Waals surface area contributed by atoms with E-state index in [1.807, 2.05) is 0 Å². The predicted octanol–water partition coefficient (Wildman–Crippen LogP) is -0.510. The van der Waals surface area contributed by atoms with E-state index in [9.17, 15) is 28.8 Å². The average molecular weight is 675 g/mol. The summed E-state index contributed by atoms with van der Waals surface area (Å²) in [6.45, 7) is -1.40. The Bertz CT molecular complexity index is 1900. The van der Waals surface area contributed by atoms with Crippen molar-refractivity contribution in [3.8, 4) is 0 Å². The van der Waals surface area contributed by atoms with Crippen molar-refractivity contribution in [2.24, 2.45) is 0 Å². The number of aromatic nitrogens is 7. The molecule has 8 N–H and O–H groups in total. The molecule has 4 aromatic heterocycles. The van der Waals surface area contributed by atoms with Crippen LogP contribution in [0.25, 0.3) is 22.2 Å². The summed E-state index contributed by atoms with van der Waals surface area (Å²) < 4.78 is 64.3. The Balaban J connectivity index is 1.19. The minimum Gasteiger partial charge on any atom is -0.397 e. The number of nitrogens with zero attached hydrogens (tertiary/aromatic N) is 6. The molecule has 0 aromatic carbocycles. The number of aromatic amines is 1. The van der Waals surface area contributed by atoms with Gasteiger partial charge in [-0.05, 0) is 17.6 Å². The number of anilines is 2. The fourth-order valence-electron chi connectivity index (χ4n) is 5.15. The van der Waals surface area contributed by atoms with Gasteiger partial charge < -0.3 is 35.8 Å². The molecule has 0 aliphatic carbocycles. The number of rotatable bonds is 2. The second-order valence-electron chi connectivity index (χ2n) is 10.00. The lowest BCUT2D eigenvalue weighted by Crippen LogP contribution is -2.35. The molecule has 44 heavy (non-hydrogen) atoms. The zero-order valence-electron chi connectivity index (χ0n) is 22.0. The van der Waals surface area contributed by atoms with Crippen LogP contribution in [0.4, 0.5) is 11.6 Å². The van der Waals surface area contributed by atoms with E-state index in [2.05, 4.69) is 29.6 Å². The van der Waals surface area contributed by atoms with E-state index in [0.717, 1.165) is 16.2 Å². The topological polar surface area (TPSA) is 304 Å². The fourth-order valence-corrected chi connectivity index (χ4v) is 7.93. The van der Waals surface area contributed by atoms with Crippen LogP contribution in [0.5, 0.6) is 0 Å². The summed E-state index contributed by atoms with van der Waals surface area (Å²) in [7, 11) is -9.88. The number of pyridine rings is 1. The number of phosphoric acid groups is 2. The number of phosphoric ester groups is 2. The van der Waals surface area contributed by atoms with Crippen molar-refractivity contribution < 1.29 is 51.6 Å². The standard InChI is InChI=1S/C20H23N9O12P2S/c21-6-1-2-23-12-11(6)27-44-16(12)8-3-7-9(38-8)4-36-43(34,35)41-15-14(30)10(5-37-42(32,33)40-7)39-19(15)29-17-13(26-28-29)18(31)25-20(22)24-17/h1-2,7-10,14-15,19,30H,3-5,21H2,(H,32,33)(H,34,35)(H3,22,24,25,31)/t7-,8+,9+,10+,14+,15+,19+/m0/s1. The molecule has 3 fully saturated rings. The molecular formula is C20H23N9O12P2S. The Hall–Kier alpha value is -2.98. The number of nitrogens with two attached hydrogens (primary N) is 2. The van der Waals surface area contributed by atoms with Crippen molar-refractivity contribution in [3.63, 3.8) is 0 Å². The third kappa shape index (κ3) is 5.31. The Morgan fingerprint density at radius 3 is 2.57 bits per heavy atom. The molecule has 3 aliphatic heterocycles. The second kappa shape index (κ2) is 10.8. The van der Waals surface area contributed by atoms with Crippen LogP contribution >= 0.6 is 27.2 Å². The summed E-state index contributed by atoms with van der Waals surface area (Å²) in [6.07, 6.45) is -8.05. The van der Waals surface area contributed by atoms with Gasteiger partial charge in [0.05, 0.1) is 29.9 Å². The average Bonchev–Trinajstić information content (AvgIpc) is 3.72. The highest BCUT2D eigenvalue weighted by Gasteiger charge is 2.52. The first-order chi connectivity index (χ1) is 20.9. The van der Waals surface area contributed by atoms with Crippen LogP contribution in [0, 0.1) is 0 Å².